The molecule has 7 heteroatoms. The largest absolute Gasteiger partial charge is 0.507 e. The number of hydrogen-bond acceptors (Lipinski definition) is 4. The number of nitrogens with one attached hydrogen (secondary N) is 2. The molecule has 0 heterocycles. The zero-order chi connectivity index (χ0) is 16.8. The van der Waals surface area contributed by atoms with E-state index < -0.39 is 11.8 Å². The molecule has 0 aromatic heterocycles. The number of phenolic OH excluding ortho intramolecular Hbond substituents is 1. The molecule has 6 nitrogen and oxygen atoms in total. The van der Waals surface area contributed by atoms with Crippen LogP contribution in [0.4, 0.5) is 5.69 Å². The minimum absolute atomic E-state index is 0.0181. The van der Waals surface area contributed by atoms with Gasteiger partial charge in [0.15, 0.2) is 0 Å². The smallest absolute Gasteiger partial charge is 0.329 e. The van der Waals surface area contributed by atoms with Crippen molar-refractivity contribution in [2.75, 3.05) is 5.32 Å². The van der Waals surface area contributed by atoms with Crippen molar-refractivity contribution in [3.05, 3.63) is 58.6 Å². The number of phenols is 1. The first-order valence-corrected chi connectivity index (χ1v) is 7.04. The number of amides is 2. The lowest BCUT2D eigenvalue weighted by atomic mass is 10.2. The van der Waals surface area contributed by atoms with E-state index in [1.165, 1.54) is 12.3 Å². The van der Waals surface area contributed by atoms with Gasteiger partial charge in [-0.2, -0.15) is 5.10 Å². The molecule has 0 radical (unpaired) electrons. The zero-order valence-electron chi connectivity index (χ0n) is 12.2. The maximum Gasteiger partial charge on any atom is 0.329 e. The molecule has 118 valence electrons. The van der Waals surface area contributed by atoms with E-state index in [9.17, 15) is 14.7 Å². The molecule has 0 bridgehead atoms. The Kier molecular flexibility index (Phi) is 5.32. The van der Waals surface area contributed by atoms with E-state index in [0.717, 1.165) is 0 Å². The summed E-state index contributed by atoms with van der Waals surface area (Å²) in [4.78, 5) is 23.5. The van der Waals surface area contributed by atoms with Crippen molar-refractivity contribution in [1.29, 1.82) is 0 Å². The predicted octanol–water partition coefficient (Wildman–Crippen LogP) is 2.44. The van der Waals surface area contributed by atoms with E-state index in [0.29, 0.717) is 21.8 Å². The standard InChI is InChI=1S/C16H14ClN3O3/c1-10-12(17)6-4-7-13(10)19-15(22)16(23)20-18-9-11-5-2-3-8-14(11)21/h2-9,21H,1H3,(H,19,22)(H,20,23)/b18-9-. The Balaban J connectivity index is 1.97. The summed E-state index contributed by atoms with van der Waals surface area (Å²) in [6, 6.07) is 11.4. The Morgan fingerprint density at radius 2 is 1.87 bits per heavy atom. The van der Waals surface area contributed by atoms with Gasteiger partial charge in [-0.15, -0.1) is 0 Å². The van der Waals surface area contributed by atoms with E-state index >= 15 is 0 Å². The maximum atomic E-state index is 11.8. The molecular formula is C16H14ClN3O3. The first-order chi connectivity index (χ1) is 11.0. The van der Waals surface area contributed by atoms with Gasteiger partial charge in [-0.1, -0.05) is 29.8 Å². The summed E-state index contributed by atoms with van der Waals surface area (Å²) >= 11 is 5.94. The number of carbonyl (C=O) groups excluding carboxylic acids is 2. The number of carbonyl (C=O) groups is 2. The molecule has 0 aliphatic carbocycles. The van der Waals surface area contributed by atoms with Gasteiger partial charge in [-0.25, -0.2) is 5.43 Å². The van der Waals surface area contributed by atoms with Crippen LogP contribution in [-0.4, -0.2) is 23.1 Å². The van der Waals surface area contributed by atoms with Gasteiger partial charge in [-0.3, -0.25) is 9.59 Å². The average Bonchev–Trinajstić information content (AvgIpc) is 2.53. The van der Waals surface area contributed by atoms with Crippen molar-refractivity contribution >= 4 is 35.3 Å². The highest BCUT2D eigenvalue weighted by molar-refractivity contribution is 6.40. The van der Waals surface area contributed by atoms with Crippen molar-refractivity contribution in [2.24, 2.45) is 5.10 Å². The fraction of sp³-hybridized carbons (Fsp3) is 0.0625. The zero-order valence-corrected chi connectivity index (χ0v) is 13.0. The van der Waals surface area contributed by atoms with Crippen LogP contribution in [0.3, 0.4) is 0 Å². The van der Waals surface area contributed by atoms with Crippen LogP contribution in [0.1, 0.15) is 11.1 Å². The third-order valence-electron chi connectivity index (χ3n) is 3.03. The van der Waals surface area contributed by atoms with Crippen molar-refractivity contribution in [1.82, 2.24) is 5.43 Å². The van der Waals surface area contributed by atoms with Crippen LogP contribution in [0.15, 0.2) is 47.6 Å². The van der Waals surface area contributed by atoms with E-state index in [-0.39, 0.29) is 5.75 Å². The fourth-order valence-corrected chi connectivity index (χ4v) is 1.90. The average molecular weight is 332 g/mol. The van der Waals surface area contributed by atoms with Gasteiger partial charge in [0.25, 0.3) is 0 Å². The number of para-hydroxylation sites is 1. The number of anilines is 1. The molecule has 2 rings (SSSR count). The van der Waals surface area contributed by atoms with Crippen molar-refractivity contribution < 1.29 is 14.7 Å². The summed E-state index contributed by atoms with van der Waals surface area (Å²) in [5, 5.41) is 16.1. The molecule has 2 aromatic carbocycles. The number of hydrogen-bond donors (Lipinski definition) is 3. The van der Waals surface area contributed by atoms with Gasteiger partial charge in [0.05, 0.1) is 6.21 Å². The molecule has 0 atom stereocenters. The van der Waals surface area contributed by atoms with Gasteiger partial charge in [-0.05, 0) is 36.8 Å². The molecule has 0 fully saturated rings. The quantitative estimate of drug-likeness (QED) is 0.458. The Morgan fingerprint density at radius 1 is 1.13 bits per heavy atom. The second-order valence-corrected chi connectivity index (χ2v) is 5.03. The molecule has 23 heavy (non-hydrogen) atoms. The normalized spacial score (nSPS) is 10.5. The van der Waals surface area contributed by atoms with E-state index in [1.54, 1.807) is 43.3 Å². The summed E-state index contributed by atoms with van der Waals surface area (Å²) < 4.78 is 0. The van der Waals surface area contributed by atoms with Gasteiger partial charge in [0.1, 0.15) is 5.75 Å². The van der Waals surface area contributed by atoms with E-state index in [2.05, 4.69) is 15.8 Å². The third-order valence-corrected chi connectivity index (χ3v) is 3.44. The first kappa shape index (κ1) is 16.5. The molecule has 0 aliphatic heterocycles. The van der Waals surface area contributed by atoms with Gasteiger partial charge in [0.2, 0.25) is 0 Å². The Bertz CT molecular complexity index is 775. The highest BCUT2D eigenvalue weighted by atomic mass is 35.5. The third kappa shape index (κ3) is 4.31. The lowest BCUT2D eigenvalue weighted by molar-refractivity contribution is -0.136. The van der Waals surface area contributed by atoms with Crippen LogP contribution in [0.5, 0.6) is 5.75 Å². The van der Waals surface area contributed by atoms with Crippen LogP contribution in [0, 0.1) is 6.92 Å². The molecule has 2 amide bonds. The monoisotopic (exact) mass is 331 g/mol. The summed E-state index contributed by atoms with van der Waals surface area (Å²) in [6.07, 6.45) is 1.24. The van der Waals surface area contributed by atoms with Crippen LogP contribution in [0.2, 0.25) is 5.02 Å². The molecule has 0 unspecified atom stereocenters. The number of benzene rings is 2. The van der Waals surface area contributed by atoms with Crippen LogP contribution in [-0.2, 0) is 9.59 Å². The lowest BCUT2D eigenvalue weighted by Gasteiger charge is -2.08. The minimum atomic E-state index is -0.934. The fourth-order valence-electron chi connectivity index (χ4n) is 1.73. The topological polar surface area (TPSA) is 90.8 Å². The van der Waals surface area contributed by atoms with Gasteiger partial charge in [0, 0.05) is 16.3 Å². The Morgan fingerprint density at radius 3 is 2.61 bits per heavy atom. The van der Waals surface area contributed by atoms with Crippen LogP contribution < -0.4 is 10.7 Å². The SMILES string of the molecule is Cc1c(Cl)cccc1NC(=O)C(=O)N/N=C\c1ccccc1O. The number of nitrogens with zero attached hydrogens (tertiary/aromatic N) is 1. The molecule has 0 spiro atoms. The summed E-state index contributed by atoms with van der Waals surface area (Å²) in [5.74, 6) is -1.79. The van der Waals surface area contributed by atoms with Gasteiger partial charge < -0.3 is 10.4 Å². The van der Waals surface area contributed by atoms with Crippen molar-refractivity contribution in [3.63, 3.8) is 0 Å². The summed E-state index contributed by atoms with van der Waals surface area (Å²) in [6.45, 7) is 1.73. The Labute approximate surface area is 137 Å². The molecule has 3 N–H and O–H groups in total. The van der Waals surface area contributed by atoms with Crippen molar-refractivity contribution in [2.45, 2.75) is 6.92 Å². The van der Waals surface area contributed by atoms with Crippen LogP contribution in [0.25, 0.3) is 0 Å². The molecule has 2 aromatic rings. The Hall–Kier alpha value is -2.86. The number of aromatic hydroxyl groups is 1. The highest BCUT2D eigenvalue weighted by Gasteiger charge is 2.14. The molecule has 0 saturated carbocycles. The maximum absolute atomic E-state index is 11.8. The summed E-state index contributed by atoms with van der Waals surface area (Å²) in [5.41, 5.74) is 3.61. The number of hydrazone groups is 1. The van der Waals surface area contributed by atoms with Gasteiger partial charge >= 0.3 is 11.8 Å². The number of rotatable bonds is 3. The number of halogens is 1. The second kappa shape index (κ2) is 7.42. The minimum Gasteiger partial charge on any atom is -0.507 e. The summed E-state index contributed by atoms with van der Waals surface area (Å²) in [7, 11) is 0. The van der Waals surface area contributed by atoms with Crippen molar-refractivity contribution in [3.8, 4) is 5.75 Å². The van der Waals surface area contributed by atoms with E-state index in [4.69, 9.17) is 11.6 Å². The first-order valence-electron chi connectivity index (χ1n) is 6.66. The molecule has 0 saturated heterocycles. The predicted molar refractivity (Wildman–Crippen MR) is 88.7 cm³/mol. The van der Waals surface area contributed by atoms with Crippen LogP contribution >= 0.6 is 11.6 Å². The highest BCUT2D eigenvalue weighted by Crippen LogP contribution is 2.22. The molecule has 0 aliphatic rings. The second-order valence-electron chi connectivity index (χ2n) is 4.62. The lowest BCUT2D eigenvalue weighted by Crippen LogP contribution is -2.32. The van der Waals surface area contributed by atoms with E-state index in [1.807, 2.05) is 0 Å². The molecular weight excluding hydrogens is 318 g/mol.